The van der Waals surface area contributed by atoms with E-state index in [2.05, 4.69) is 27.3 Å². The summed E-state index contributed by atoms with van der Waals surface area (Å²) in [6.07, 6.45) is 0. The number of fused-ring (bicyclic) bond motifs is 3. The number of nitrogens with zero attached hydrogens (tertiary/aromatic N) is 2. The molecular formula is C20H16N4O3. The van der Waals surface area contributed by atoms with Gasteiger partial charge in [-0.05, 0) is 36.4 Å². The quantitative estimate of drug-likeness (QED) is 0.403. The molecule has 1 aromatic heterocycles. The molecule has 0 atom stereocenters. The Bertz CT molecular complexity index is 1180. The summed E-state index contributed by atoms with van der Waals surface area (Å²) in [5, 5.41) is 18.3. The fourth-order valence-electron chi connectivity index (χ4n) is 3.21. The van der Waals surface area contributed by atoms with Gasteiger partial charge >= 0.3 is 6.03 Å². The molecule has 0 bridgehead atoms. The molecule has 0 fully saturated rings. The van der Waals surface area contributed by atoms with Gasteiger partial charge in [-0.3, -0.25) is 10.1 Å². The van der Waals surface area contributed by atoms with Crippen LogP contribution in [0.5, 0.6) is 0 Å². The molecule has 0 unspecified atom stereocenters. The van der Waals surface area contributed by atoms with Gasteiger partial charge in [0.1, 0.15) is 0 Å². The van der Waals surface area contributed by atoms with Crippen molar-refractivity contribution in [3.05, 3.63) is 76.8 Å². The van der Waals surface area contributed by atoms with Crippen LogP contribution in [0, 0.1) is 10.1 Å². The number of hydrogen-bond acceptors (Lipinski definition) is 3. The van der Waals surface area contributed by atoms with Gasteiger partial charge in [0.25, 0.3) is 5.69 Å². The van der Waals surface area contributed by atoms with E-state index in [4.69, 9.17) is 0 Å². The number of non-ortho nitro benzene ring substituents is 1. The molecule has 3 aromatic carbocycles. The second-order valence-electron chi connectivity index (χ2n) is 6.19. The first-order valence-electron chi connectivity index (χ1n) is 8.32. The summed E-state index contributed by atoms with van der Waals surface area (Å²) in [5.74, 6) is 0. The van der Waals surface area contributed by atoms with E-state index in [9.17, 15) is 14.9 Å². The third kappa shape index (κ3) is 3.06. The minimum Gasteiger partial charge on any atom is -0.344 e. The van der Waals surface area contributed by atoms with Crippen LogP contribution in [0.25, 0.3) is 21.8 Å². The molecule has 0 aliphatic rings. The highest BCUT2D eigenvalue weighted by Gasteiger charge is 2.10. The van der Waals surface area contributed by atoms with Gasteiger partial charge in [0.15, 0.2) is 0 Å². The zero-order valence-electron chi connectivity index (χ0n) is 14.5. The molecule has 0 aliphatic heterocycles. The highest BCUT2D eigenvalue weighted by atomic mass is 16.6. The molecule has 2 N–H and O–H groups in total. The van der Waals surface area contributed by atoms with Crippen molar-refractivity contribution < 1.29 is 9.72 Å². The smallest absolute Gasteiger partial charge is 0.323 e. The number of anilines is 2. The Kier molecular flexibility index (Phi) is 3.97. The maximum atomic E-state index is 12.2. The molecule has 4 rings (SSSR count). The number of aryl methyl sites for hydroxylation is 1. The first kappa shape index (κ1) is 16.6. The summed E-state index contributed by atoms with van der Waals surface area (Å²) in [7, 11) is 2.01. The van der Waals surface area contributed by atoms with Crippen molar-refractivity contribution in [3.8, 4) is 0 Å². The van der Waals surface area contributed by atoms with Gasteiger partial charge in [-0.2, -0.15) is 0 Å². The summed E-state index contributed by atoms with van der Waals surface area (Å²) in [4.78, 5) is 22.4. The fraction of sp³-hybridized carbons (Fsp3) is 0.0500. The Hall–Kier alpha value is -3.87. The third-order valence-corrected chi connectivity index (χ3v) is 4.51. The minimum absolute atomic E-state index is 0.0256. The van der Waals surface area contributed by atoms with Crippen LogP contribution in [-0.4, -0.2) is 15.5 Å². The molecular weight excluding hydrogens is 344 g/mol. The van der Waals surface area contributed by atoms with Crippen molar-refractivity contribution in [2.45, 2.75) is 0 Å². The molecule has 0 aliphatic carbocycles. The number of para-hydroxylation sites is 1. The molecule has 0 saturated heterocycles. The lowest BCUT2D eigenvalue weighted by molar-refractivity contribution is -0.384. The normalized spacial score (nSPS) is 10.9. The molecule has 2 amide bonds. The lowest BCUT2D eigenvalue weighted by Gasteiger charge is -2.08. The number of nitro benzene ring substituents is 1. The lowest BCUT2D eigenvalue weighted by Crippen LogP contribution is -2.19. The van der Waals surface area contributed by atoms with Crippen molar-refractivity contribution in [1.29, 1.82) is 0 Å². The molecule has 1 heterocycles. The van der Waals surface area contributed by atoms with E-state index in [1.807, 2.05) is 37.4 Å². The number of nitrogens with one attached hydrogen (secondary N) is 2. The van der Waals surface area contributed by atoms with Crippen molar-refractivity contribution in [2.75, 3.05) is 10.6 Å². The van der Waals surface area contributed by atoms with Crippen LogP contribution in [-0.2, 0) is 7.05 Å². The maximum Gasteiger partial charge on any atom is 0.323 e. The lowest BCUT2D eigenvalue weighted by atomic mass is 10.1. The van der Waals surface area contributed by atoms with E-state index >= 15 is 0 Å². The SMILES string of the molecule is Cn1c2ccccc2c2cc(NC(=O)Nc3ccc([N+](=O)[O-])cc3)ccc21. The maximum absolute atomic E-state index is 12.2. The molecule has 134 valence electrons. The van der Waals surface area contributed by atoms with E-state index in [0.717, 1.165) is 21.8 Å². The Morgan fingerprint density at radius 2 is 1.52 bits per heavy atom. The number of nitro groups is 1. The van der Waals surface area contributed by atoms with Gasteiger partial charge in [0, 0.05) is 52.4 Å². The molecule has 0 radical (unpaired) electrons. The first-order valence-corrected chi connectivity index (χ1v) is 8.32. The van der Waals surface area contributed by atoms with Gasteiger partial charge < -0.3 is 15.2 Å². The predicted octanol–water partition coefficient (Wildman–Crippen LogP) is 4.88. The van der Waals surface area contributed by atoms with Crippen LogP contribution in [0.2, 0.25) is 0 Å². The largest absolute Gasteiger partial charge is 0.344 e. The Balaban J connectivity index is 1.57. The van der Waals surface area contributed by atoms with Crippen molar-refractivity contribution in [2.24, 2.45) is 7.05 Å². The summed E-state index contributed by atoms with van der Waals surface area (Å²) >= 11 is 0. The molecule has 27 heavy (non-hydrogen) atoms. The van der Waals surface area contributed by atoms with E-state index in [-0.39, 0.29) is 5.69 Å². The monoisotopic (exact) mass is 360 g/mol. The number of benzene rings is 3. The van der Waals surface area contributed by atoms with Crippen molar-refractivity contribution in [1.82, 2.24) is 4.57 Å². The number of aromatic nitrogens is 1. The van der Waals surface area contributed by atoms with Crippen LogP contribution in [0.4, 0.5) is 21.9 Å². The Morgan fingerprint density at radius 1 is 0.889 bits per heavy atom. The Morgan fingerprint density at radius 3 is 2.26 bits per heavy atom. The van der Waals surface area contributed by atoms with E-state index in [0.29, 0.717) is 11.4 Å². The van der Waals surface area contributed by atoms with E-state index in [1.165, 1.54) is 24.3 Å². The molecule has 0 spiro atoms. The van der Waals surface area contributed by atoms with Crippen LogP contribution in [0.1, 0.15) is 0 Å². The highest BCUT2D eigenvalue weighted by molar-refractivity contribution is 6.10. The number of hydrogen-bond donors (Lipinski definition) is 2. The van der Waals surface area contributed by atoms with E-state index < -0.39 is 11.0 Å². The predicted molar refractivity (Wildman–Crippen MR) is 106 cm³/mol. The fourth-order valence-corrected chi connectivity index (χ4v) is 3.21. The topological polar surface area (TPSA) is 89.2 Å². The van der Waals surface area contributed by atoms with Gasteiger partial charge in [0.05, 0.1) is 4.92 Å². The average molecular weight is 360 g/mol. The van der Waals surface area contributed by atoms with Crippen LogP contribution < -0.4 is 10.6 Å². The highest BCUT2D eigenvalue weighted by Crippen LogP contribution is 2.30. The average Bonchev–Trinajstić information content (AvgIpc) is 2.94. The van der Waals surface area contributed by atoms with Crippen molar-refractivity contribution in [3.63, 3.8) is 0 Å². The molecule has 4 aromatic rings. The zero-order valence-corrected chi connectivity index (χ0v) is 14.5. The summed E-state index contributed by atoms with van der Waals surface area (Å²) < 4.78 is 2.12. The van der Waals surface area contributed by atoms with Crippen LogP contribution in [0.15, 0.2) is 66.7 Å². The molecule has 0 saturated carbocycles. The van der Waals surface area contributed by atoms with Crippen molar-refractivity contribution >= 4 is 44.9 Å². The molecule has 7 heteroatoms. The standard InChI is InChI=1S/C20H16N4O3/c1-23-18-5-3-2-4-16(18)17-12-14(8-11-19(17)23)22-20(25)21-13-6-9-15(10-7-13)24(26)27/h2-12H,1H3,(H2,21,22,25). The van der Waals surface area contributed by atoms with Gasteiger partial charge in [-0.15, -0.1) is 0 Å². The summed E-state index contributed by atoms with van der Waals surface area (Å²) in [6, 6.07) is 19.1. The Labute approximate surface area is 154 Å². The van der Waals surface area contributed by atoms with Gasteiger partial charge in [-0.1, -0.05) is 18.2 Å². The number of carbonyl (C=O) groups is 1. The first-order chi connectivity index (χ1) is 13.0. The van der Waals surface area contributed by atoms with Crippen LogP contribution >= 0.6 is 0 Å². The molecule has 7 nitrogen and oxygen atoms in total. The minimum atomic E-state index is -0.483. The third-order valence-electron chi connectivity index (χ3n) is 4.51. The number of rotatable bonds is 3. The van der Waals surface area contributed by atoms with Gasteiger partial charge in [0.2, 0.25) is 0 Å². The second kappa shape index (κ2) is 6.45. The zero-order chi connectivity index (χ0) is 19.0. The van der Waals surface area contributed by atoms with Crippen LogP contribution in [0.3, 0.4) is 0 Å². The van der Waals surface area contributed by atoms with E-state index in [1.54, 1.807) is 0 Å². The number of urea groups is 1. The summed E-state index contributed by atoms with van der Waals surface area (Å²) in [6.45, 7) is 0. The second-order valence-corrected chi connectivity index (χ2v) is 6.19. The number of carbonyl (C=O) groups excluding carboxylic acids is 1. The number of amides is 2. The van der Waals surface area contributed by atoms with Gasteiger partial charge in [-0.25, -0.2) is 4.79 Å². The summed E-state index contributed by atoms with van der Waals surface area (Å²) in [5.41, 5.74) is 3.32.